The Bertz CT molecular complexity index is 714. The third-order valence-corrected chi connectivity index (χ3v) is 5.84. The second kappa shape index (κ2) is 7.07. The predicted molar refractivity (Wildman–Crippen MR) is 109 cm³/mol. The first-order valence-electron chi connectivity index (χ1n) is 9.95. The smallest absolute Gasteiger partial charge is 0.122 e. The van der Waals surface area contributed by atoms with Crippen LogP contribution < -0.4 is 9.64 Å². The van der Waals surface area contributed by atoms with Crippen LogP contribution in [-0.4, -0.2) is 56.5 Å². The van der Waals surface area contributed by atoms with Crippen LogP contribution in [0.5, 0.6) is 5.75 Å². The molecule has 0 aliphatic carbocycles. The normalized spacial score (nSPS) is 23.5. The molecule has 3 aliphatic rings. The molecule has 4 nitrogen and oxygen atoms in total. The third-order valence-electron chi connectivity index (χ3n) is 5.84. The van der Waals surface area contributed by atoms with E-state index in [0.29, 0.717) is 11.5 Å². The molecule has 0 aromatic heterocycles. The number of hydrogen-bond donors (Lipinski definition) is 0. The standard InChI is InChI=1S/C22H31N3O/c1-22(2)8-12-25(16-22)18-13-17(21-5-4-9-23-21)14-20(15-18)26-19-6-10-24(3)11-7-19/h4-5,13-15,19H,6-12,16H2,1-3H3. The maximum absolute atomic E-state index is 6.42. The van der Waals surface area contributed by atoms with Crippen molar-refractivity contribution in [1.82, 2.24) is 4.90 Å². The first-order chi connectivity index (χ1) is 12.5. The quantitative estimate of drug-likeness (QED) is 0.825. The van der Waals surface area contributed by atoms with Crippen molar-refractivity contribution >= 4 is 11.4 Å². The number of benzene rings is 1. The number of aliphatic imine (C=N–C) groups is 1. The lowest BCUT2D eigenvalue weighted by molar-refractivity contribution is 0.114. The molecule has 3 aliphatic heterocycles. The van der Waals surface area contributed by atoms with Gasteiger partial charge in [-0.25, -0.2) is 0 Å². The maximum atomic E-state index is 6.42. The van der Waals surface area contributed by atoms with Crippen molar-refractivity contribution in [1.29, 1.82) is 0 Å². The maximum Gasteiger partial charge on any atom is 0.122 e. The number of allylic oxidation sites excluding steroid dienone is 1. The molecule has 0 atom stereocenters. The van der Waals surface area contributed by atoms with E-state index in [4.69, 9.17) is 4.74 Å². The zero-order valence-electron chi connectivity index (χ0n) is 16.4. The van der Waals surface area contributed by atoms with E-state index >= 15 is 0 Å². The molecule has 2 fully saturated rings. The minimum absolute atomic E-state index is 0.324. The van der Waals surface area contributed by atoms with Crippen molar-refractivity contribution in [3.8, 4) is 5.75 Å². The highest BCUT2D eigenvalue weighted by molar-refractivity contribution is 6.10. The highest BCUT2D eigenvalue weighted by atomic mass is 16.5. The highest BCUT2D eigenvalue weighted by Gasteiger charge is 2.30. The topological polar surface area (TPSA) is 28.1 Å². The third kappa shape index (κ3) is 3.96. The molecule has 26 heavy (non-hydrogen) atoms. The zero-order chi connectivity index (χ0) is 18.1. The van der Waals surface area contributed by atoms with Crippen molar-refractivity contribution < 1.29 is 4.74 Å². The van der Waals surface area contributed by atoms with Gasteiger partial charge < -0.3 is 14.5 Å². The molecule has 0 amide bonds. The molecule has 2 saturated heterocycles. The lowest BCUT2D eigenvalue weighted by atomic mass is 9.93. The molecule has 3 heterocycles. The summed E-state index contributed by atoms with van der Waals surface area (Å²) < 4.78 is 6.42. The van der Waals surface area contributed by atoms with Gasteiger partial charge in [0.1, 0.15) is 11.9 Å². The summed E-state index contributed by atoms with van der Waals surface area (Å²) in [6, 6.07) is 6.71. The van der Waals surface area contributed by atoms with E-state index in [1.807, 2.05) is 0 Å². The molecule has 4 rings (SSSR count). The molecule has 140 valence electrons. The van der Waals surface area contributed by atoms with Crippen LogP contribution in [0.25, 0.3) is 0 Å². The summed E-state index contributed by atoms with van der Waals surface area (Å²) in [5, 5.41) is 0. The molecule has 0 unspecified atom stereocenters. The van der Waals surface area contributed by atoms with Gasteiger partial charge >= 0.3 is 0 Å². The number of rotatable bonds is 4. The van der Waals surface area contributed by atoms with Crippen LogP contribution in [0.3, 0.4) is 0 Å². The van der Waals surface area contributed by atoms with Gasteiger partial charge in [0.05, 0.1) is 12.3 Å². The Morgan fingerprint density at radius 3 is 2.58 bits per heavy atom. The Morgan fingerprint density at radius 2 is 1.92 bits per heavy atom. The zero-order valence-corrected chi connectivity index (χ0v) is 16.4. The van der Waals surface area contributed by atoms with Gasteiger partial charge in [-0.1, -0.05) is 19.9 Å². The highest BCUT2D eigenvalue weighted by Crippen LogP contribution is 2.35. The van der Waals surface area contributed by atoms with Crippen LogP contribution in [0.4, 0.5) is 5.69 Å². The molecule has 0 spiro atoms. The summed E-state index contributed by atoms with van der Waals surface area (Å²) in [6.45, 7) is 9.97. The predicted octanol–water partition coefficient (Wildman–Crippen LogP) is 3.75. The van der Waals surface area contributed by atoms with Crippen LogP contribution in [0.2, 0.25) is 0 Å². The minimum Gasteiger partial charge on any atom is -0.490 e. The number of piperidine rings is 1. The van der Waals surface area contributed by atoms with E-state index in [2.05, 4.69) is 66.0 Å². The molecule has 0 N–H and O–H groups in total. The Kier molecular flexibility index (Phi) is 4.78. The van der Waals surface area contributed by atoms with Gasteiger partial charge in [-0.15, -0.1) is 0 Å². The van der Waals surface area contributed by atoms with Crippen LogP contribution in [-0.2, 0) is 0 Å². The molecular formula is C22H31N3O. The van der Waals surface area contributed by atoms with Crippen molar-refractivity contribution in [2.75, 3.05) is 44.7 Å². The van der Waals surface area contributed by atoms with Gasteiger partial charge in [-0.05, 0) is 49.9 Å². The van der Waals surface area contributed by atoms with Crippen molar-refractivity contribution in [2.45, 2.75) is 39.2 Å². The summed E-state index contributed by atoms with van der Waals surface area (Å²) >= 11 is 0. The lowest BCUT2D eigenvalue weighted by Gasteiger charge is -2.30. The van der Waals surface area contributed by atoms with Crippen molar-refractivity contribution in [2.24, 2.45) is 10.4 Å². The minimum atomic E-state index is 0.324. The second-order valence-electron chi connectivity index (χ2n) is 8.80. The molecule has 0 saturated carbocycles. The first-order valence-corrected chi connectivity index (χ1v) is 9.95. The second-order valence-corrected chi connectivity index (χ2v) is 8.80. The first kappa shape index (κ1) is 17.6. The van der Waals surface area contributed by atoms with Crippen LogP contribution >= 0.6 is 0 Å². The summed E-state index contributed by atoms with van der Waals surface area (Å²) in [7, 11) is 2.19. The number of ether oxygens (including phenoxy) is 1. The summed E-state index contributed by atoms with van der Waals surface area (Å²) in [6.07, 6.45) is 8.03. The number of likely N-dealkylation sites (tertiary alicyclic amines) is 1. The fourth-order valence-corrected chi connectivity index (χ4v) is 4.17. The van der Waals surface area contributed by atoms with Gasteiger partial charge in [0.2, 0.25) is 0 Å². The lowest BCUT2D eigenvalue weighted by Crippen LogP contribution is -2.35. The van der Waals surface area contributed by atoms with E-state index < -0.39 is 0 Å². The van der Waals surface area contributed by atoms with E-state index in [9.17, 15) is 0 Å². The van der Waals surface area contributed by atoms with Gasteiger partial charge in [-0.2, -0.15) is 0 Å². The van der Waals surface area contributed by atoms with Gasteiger partial charge in [-0.3, -0.25) is 4.99 Å². The van der Waals surface area contributed by atoms with E-state index in [-0.39, 0.29) is 0 Å². The van der Waals surface area contributed by atoms with Crippen molar-refractivity contribution in [3.05, 3.63) is 35.9 Å². The monoisotopic (exact) mass is 353 g/mol. The summed E-state index contributed by atoms with van der Waals surface area (Å²) in [5.74, 6) is 1.000. The fraction of sp³-hybridized carbons (Fsp3) is 0.591. The number of nitrogens with zero attached hydrogens (tertiary/aromatic N) is 3. The summed E-state index contributed by atoms with van der Waals surface area (Å²) in [5.41, 5.74) is 3.93. The Hall–Kier alpha value is -1.81. The van der Waals surface area contributed by atoms with Gasteiger partial charge in [0.25, 0.3) is 0 Å². The average Bonchev–Trinajstić information content (AvgIpc) is 3.26. The molecule has 0 radical (unpaired) electrons. The molecular weight excluding hydrogens is 322 g/mol. The van der Waals surface area contributed by atoms with Crippen LogP contribution in [0.15, 0.2) is 35.3 Å². The Morgan fingerprint density at radius 1 is 1.12 bits per heavy atom. The molecule has 1 aromatic rings. The molecule has 0 bridgehead atoms. The van der Waals surface area contributed by atoms with E-state index in [1.165, 1.54) is 17.7 Å². The van der Waals surface area contributed by atoms with Gasteiger partial charge in [0.15, 0.2) is 0 Å². The SMILES string of the molecule is CN1CCC(Oc2cc(C3=NCC=C3)cc(N3CCC(C)(C)C3)c2)CC1. The fourth-order valence-electron chi connectivity index (χ4n) is 4.17. The molecule has 1 aromatic carbocycles. The average molecular weight is 354 g/mol. The van der Waals surface area contributed by atoms with E-state index in [1.54, 1.807) is 0 Å². The molecule has 4 heteroatoms. The van der Waals surface area contributed by atoms with Crippen LogP contribution in [0.1, 0.15) is 38.7 Å². The Labute approximate surface area is 157 Å². The Balaban J connectivity index is 1.59. The van der Waals surface area contributed by atoms with Gasteiger partial charge in [0, 0.05) is 43.5 Å². The largest absolute Gasteiger partial charge is 0.490 e. The van der Waals surface area contributed by atoms with Crippen LogP contribution in [0, 0.1) is 5.41 Å². The van der Waals surface area contributed by atoms with Crippen molar-refractivity contribution in [3.63, 3.8) is 0 Å². The number of anilines is 1. The van der Waals surface area contributed by atoms with E-state index in [0.717, 1.165) is 57.0 Å². The number of hydrogen-bond acceptors (Lipinski definition) is 4. The summed E-state index contributed by atoms with van der Waals surface area (Å²) in [4.78, 5) is 9.51.